The highest BCUT2D eigenvalue weighted by molar-refractivity contribution is 5.89. The third-order valence-corrected chi connectivity index (χ3v) is 4.78. The van der Waals surface area contributed by atoms with Gasteiger partial charge >= 0.3 is 5.97 Å². The molecule has 0 spiro atoms. The minimum atomic E-state index is -0.309. The van der Waals surface area contributed by atoms with Crippen LogP contribution in [0.25, 0.3) is 0 Å². The molecule has 0 saturated heterocycles. The molecule has 2 aliphatic rings. The third kappa shape index (κ3) is 1.92. The first kappa shape index (κ1) is 12.2. The summed E-state index contributed by atoms with van der Waals surface area (Å²) in [6.45, 7) is 0. The van der Waals surface area contributed by atoms with Gasteiger partial charge in [-0.05, 0) is 48.8 Å². The fourth-order valence-electron chi connectivity index (χ4n) is 3.92. The second-order valence-corrected chi connectivity index (χ2v) is 5.63. The Morgan fingerprint density at radius 2 is 1.95 bits per heavy atom. The molecule has 0 aliphatic heterocycles. The van der Waals surface area contributed by atoms with E-state index in [-0.39, 0.29) is 11.9 Å². The van der Waals surface area contributed by atoms with Crippen LogP contribution >= 0.6 is 0 Å². The number of benzene rings is 1. The fraction of sp³-hybridized carbons (Fsp3) is 0.500. The van der Waals surface area contributed by atoms with Crippen LogP contribution in [-0.4, -0.2) is 13.1 Å². The highest BCUT2D eigenvalue weighted by Crippen LogP contribution is 2.56. The van der Waals surface area contributed by atoms with Crippen LogP contribution < -0.4 is 0 Å². The van der Waals surface area contributed by atoms with E-state index in [2.05, 4.69) is 6.07 Å². The molecule has 2 bridgehead atoms. The van der Waals surface area contributed by atoms with Crippen LogP contribution in [0, 0.1) is 29.1 Å². The number of nitrogens with zero attached hydrogens (tertiary/aromatic N) is 1. The van der Waals surface area contributed by atoms with E-state index in [9.17, 15) is 10.1 Å². The van der Waals surface area contributed by atoms with Gasteiger partial charge in [-0.15, -0.1) is 0 Å². The quantitative estimate of drug-likeness (QED) is 0.763. The molecule has 0 unspecified atom stereocenters. The summed E-state index contributed by atoms with van der Waals surface area (Å²) in [6, 6.07) is 10.1. The maximum atomic E-state index is 11.4. The number of hydrogen-bond donors (Lipinski definition) is 0. The summed E-state index contributed by atoms with van der Waals surface area (Å²) in [5, 5.41) is 9.38. The molecular weight excluding hydrogens is 238 g/mol. The van der Waals surface area contributed by atoms with Gasteiger partial charge in [0.2, 0.25) is 0 Å². The van der Waals surface area contributed by atoms with E-state index in [4.69, 9.17) is 4.74 Å². The maximum absolute atomic E-state index is 11.4. The fourth-order valence-corrected chi connectivity index (χ4v) is 3.92. The number of ether oxygens (including phenoxy) is 1. The van der Waals surface area contributed by atoms with E-state index in [1.165, 1.54) is 31.9 Å². The van der Waals surface area contributed by atoms with E-state index in [1.807, 2.05) is 24.3 Å². The summed E-state index contributed by atoms with van der Waals surface area (Å²) in [6.07, 6.45) is 3.65. The zero-order chi connectivity index (χ0) is 13.4. The highest BCUT2D eigenvalue weighted by atomic mass is 16.5. The standard InChI is InChI=1S/C16H17NO2/c1-19-16(18)11-4-2-10(3-5-11)15-13-7-6-12(8-13)14(15)9-17/h2-5,12-15H,6-8H2,1H3/t12-,13+,14+,15-/m1/s1. The number of esters is 1. The summed E-state index contributed by atoms with van der Waals surface area (Å²) in [4.78, 5) is 11.4. The van der Waals surface area contributed by atoms with Gasteiger partial charge in [0.1, 0.15) is 0 Å². The number of carbonyl (C=O) groups excluding carboxylic acids is 1. The number of methoxy groups -OCH3 is 1. The molecule has 98 valence electrons. The summed E-state index contributed by atoms with van der Waals surface area (Å²) >= 11 is 0. The van der Waals surface area contributed by atoms with Gasteiger partial charge in [-0.25, -0.2) is 4.79 Å². The van der Waals surface area contributed by atoms with E-state index in [0.29, 0.717) is 23.3 Å². The SMILES string of the molecule is COC(=O)c1ccc([C@@H]2[C@H]3CC[C@H](C3)[C@@H]2C#N)cc1. The van der Waals surface area contributed by atoms with Crippen LogP contribution in [0.2, 0.25) is 0 Å². The van der Waals surface area contributed by atoms with Crippen LogP contribution in [-0.2, 0) is 4.74 Å². The molecule has 3 rings (SSSR count). The predicted molar refractivity (Wildman–Crippen MR) is 70.5 cm³/mol. The van der Waals surface area contributed by atoms with Crippen molar-refractivity contribution >= 4 is 5.97 Å². The average molecular weight is 255 g/mol. The molecule has 0 N–H and O–H groups in total. The van der Waals surface area contributed by atoms with Gasteiger partial charge < -0.3 is 4.74 Å². The molecule has 0 heterocycles. The Morgan fingerprint density at radius 1 is 1.26 bits per heavy atom. The largest absolute Gasteiger partial charge is 0.465 e. The molecule has 4 atom stereocenters. The Morgan fingerprint density at radius 3 is 2.58 bits per heavy atom. The number of fused-ring (bicyclic) bond motifs is 2. The highest BCUT2D eigenvalue weighted by Gasteiger charge is 2.48. The minimum Gasteiger partial charge on any atom is -0.465 e. The van der Waals surface area contributed by atoms with Crippen molar-refractivity contribution < 1.29 is 9.53 Å². The molecule has 1 aromatic carbocycles. The molecular formula is C16H17NO2. The zero-order valence-electron chi connectivity index (χ0n) is 11.0. The predicted octanol–water partition coefficient (Wildman–Crippen LogP) is 3.13. The van der Waals surface area contributed by atoms with Crippen LogP contribution in [0.1, 0.15) is 41.1 Å². The van der Waals surface area contributed by atoms with Gasteiger partial charge in [-0.3, -0.25) is 0 Å². The summed E-state index contributed by atoms with van der Waals surface area (Å²) in [5.41, 5.74) is 1.77. The van der Waals surface area contributed by atoms with Crippen molar-refractivity contribution in [2.75, 3.05) is 7.11 Å². The summed E-state index contributed by atoms with van der Waals surface area (Å²) in [5.74, 6) is 1.44. The molecule has 0 aromatic heterocycles. The molecule has 3 nitrogen and oxygen atoms in total. The van der Waals surface area contributed by atoms with Gasteiger partial charge in [0, 0.05) is 5.92 Å². The van der Waals surface area contributed by atoms with Gasteiger partial charge in [0.15, 0.2) is 0 Å². The number of hydrogen-bond acceptors (Lipinski definition) is 3. The second kappa shape index (κ2) is 4.70. The van der Waals surface area contributed by atoms with E-state index in [1.54, 1.807) is 0 Å². The number of carbonyl (C=O) groups is 1. The Labute approximate surface area is 113 Å². The van der Waals surface area contributed by atoms with E-state index < -0.39 is 0 Å². The Hall–Kier alpha value is -1.82. The molecule has 2 saturated carbocycles. The molecule has 1 aromatic rings. The Balaban J connectivity index is 1.87. The molecule has 19 heavy (non-hydrogen) atoms. The summed E-state index contributed by atoms with van der Waals surface area (Å²) in [7, 11) is 1.39. The van der Waals surface area contributed by atoms with Crippen molar-refractivity contribution in [2.45, 2.75) is 25.2 Å². The van der Waals surface area contributed by atoms with Crippen LogP contribution in [0.4, 0.5) is 0 Å². The molecule has 2 fully saturated rings. The normalized spacial score (nSPS) is 32.0. The molecule has 0 amide bonds. The van der Waals surface area contributed by atoms with Crippen LogP contribution in [0.15, 0.2) is 24.3 Å². The third-order valence-electron chi connectivity index (χ3n) is 4.78. The summed E-state index contributed by atoms with van der Waals surface area (Å²) < 4.78 is 4.70. The van der Waals surface area contributed by atoms with Crippen LogP contribution in [0.5, 0.6) is 0 Å². The first-order valence-electron chi connectivity index (χ1n) is 6.82. The van der Waals surface area contributed by atoms with E-state index in [0.717, 1.165) is 0 Å². The zero-order valence-corrected chi connectivity index (χ0v) is 11.0. The van der Waals surface area contributed by atoms with E-state index >= 15 is 0 Å². The van der Waals surface area contributed by atoms with Crippen LogP contribution in [0.3, 0.4) is 0 Å². The lowest BCUT2D eigenvalue weighted by Crippen LogP contribution is -2.19. The van der Waals surface area contributed by atoms with Crippen molar-refractivity contribution in [1.82, 2.24) is 0 Å². The lowest BCUT2D eigenvalue weighted by Gasteiger charge is -2.26. The van der Waals surface area contributed by atoms with Crippen molar-refractivity contribution in [2.24, 2.45) is 17.8 Å². The lowest BCUT2D eigenvalue weighted by molar-refractivity contribution is 0.0600. The maximum Gasteiger partial charge on any atom is 0.337 e. The topological polar surface area (TPSA) is 50.1 Å². The molecule has 0 radical (unpaired) electrons. The van der Waals surface area contributed by atoms with Crippen molar-refractivity contribution in [3.63, 3.8) is 0 Å². The Bertz CT molecular complexity index is 529. The minimum absolute atomic E-state index is 0.155. The van der Waals surface area contributed by atoms with Crippen molar-refractivity contribution in [3.8, 4) is 6.07 Å². The van der Waals surface area contributed by atoms with Crippen molar-refractivity contribution in [1.29, 1.82) is 5.26 Å². The monoisotopic (exact) mass is 255 g/mol. The molecule has 2 aliphatic carbocycles. The van der Waals surface area contributed by atoms with Gasteiger partial charge in [0.25, 0.3) is 0 Å². The second-order valence-electron chi connectivity index (χ2n) is 5.63. The smallest absolute Gasteiger partial charge is 0.337 e. The average Bonchev–Trinajstić information content (AvgIpc) is 3.06. The van der Waals surface area contributed by atoms with Gasteiger partial charge in [0.05, 0.1) is 24.7 Å². The first-order chi connectivity index (χ1) is 9.24. The van der Waals surface area contributed by atoms with Gasteiger partial charge in [-0.1, -0.05) is 12.1 Å². The number of nitriles is 1. The molecule has 3 heteroatoms. The number of rotatable bonds is 2. The lowest BCUT2D eigenvalue weighted by atomic mass is 9.76. The Kier molecular flexibility index (Phi) is 3.02. The van der Waals surface area contributed by atoms with Gasteiger partial charge in [-0.2, -0.15) is 5.26 Å². The first-order valence-corrected chi connectivity index (χ1v) is 6.82. The van der Waals surface area contributed by atoms with Crippen molar-refractivity contribution in [3.05, 3.63) is 35.4 Å².